The summed E-state index contributed by atoms with van der Waals surface area (Å²) in [6.07, 6.45) is 3.68. The fourth-order valence-electron chi connectivity index (χ4n) is 2.20. The quantitative estimate of drug-likeness (QED) is 0.347. The van der Waals surface area contributed by atoms with Crippen molar-refractivity contribution in [1.82, 2.24) is 9.78 Å². The lowest BCUT2D eigenvalue weighted by atomic mass is 10.1. The van der Waals surface area contributed by atoms with Crippen molar-refractivity contribution in [2.24, 2.45) is 0 Å². The minimum Gasteiger partial charge on any atom is -0.479 e. The van der Waals surface area contributed by atoms with E-state index in [4.69, 9.17) is 0 Å². The van der Waals surface area contributed by atoms with Crippen LogP contribution >= 0.6 is 0 Å². The normalized spacial score (nSPS) is 11.0. The van der Waals surface area contributed by atoms with Crippen LogP contribution in [-0.2, 0) is 15.1 Å². The molecule has 10 nitrogen and oxygen atoms in total. The van der Waals surface area contributed by atoms with Crippen molar-refractivity contribution in [2.75, 3.05) is 17.2 Å². The Bertz CT molecular complexity index is 828. The molecule has 0 bridgehead atoms. The summed E-state index contributed by atoms with van der Waals surface area (Å²) in [5.74, 6) is -1.24. The minimum absolute atomic E-state index is 0.0200. The van der Waals surface area contributed by atoms with Crippen LogP contribution in [0.25, 0.3) is 0 Å². The Kier molecular flexibility index (Phi) is 6.11. The first-order valence-corrected chi connectivity index (χ1v) is 8.27. The van der Waals surface area contributed by atoms with Crippen molar-refractivity contribution in [3.8, 4) is 0 Å². The van der Waals surface area contributed by atoms with Crippen molar-refractivity contribution in [3.63, 3.8) is 0 Å². The number of hydrogen-bond acceptors (Lipinski definition) is 6. The lowest BCUT2D eigenvalue weighted by molar-refractivity contribution is -0.384. The van der Waals surface area contributed by atoms with Gasteiger partial charge in [-0.3, -0.25) is 19.6 Å². The Labute approximate surface area is 155 Å². The molecule has 1 amide bonds. The molecule has 0 saturated carbocycles. The Balaban J connectivity index is 1.76. The second kappa shape index (κ2) is 8.30. The Morgan fingerprint density at radius 1 is 1.26 bits per heavy atom. The first kappa shape index (κ1) is 19.9. The minimum atomic E-state index is -1.21. The third-order valence-electron chi connectivity index (χ3n) is 3.95. The van der Waals surface area contributed by atoms with E-state index in [2.05, 4.69) is 15.7 Å². The van der Waals surface area contributed by atoms with Crippen molar-refractivity contribution < 1.29 is 19.6 Å². The molecule has 144 valence electrons. The third-order valence-corrected chi connectivity index (χ3v) is 3.95. The fraction of sp³-hybridized carbons (Fsp3) is 0.353. The van der Waals surface area contributed by atoms with Crippen LogP contribution in [0.3, 0.4) is 0 Å². The second-order valence-electron chi connectivity index (χ2n) is 6.42. The first-order chi connectivity index (χ1) is 12.7. The topological polar surface area (TPSA) is 139 Å². The van der Waals surface area contributed by atoms with Gasteiger partial charge in [-0.15, -0.1) is 0 Å². The highest BCUT2D eigenvalue weighted by molar-refractivity contribution is 5.90. The summed E-state index contributed by atoms with van der Waals surface area (Å²) in [7, 11) is 0. The molecule has 0 fully saturated rings. The number of anilines is 2. The van der Waals surface area contributed by atoms with E-state index < -0.39 is 16.4 Å². The number of hydrogen-bond donors (Lipinski definition) is 3. The zero-order valence-corrected chi connectivity index (χ0v) is 15.0. The van der Waals surface area contributed by atoms with Gasteiger partial charge in [0.05, 0.1) is 16.8 Å². The van der Waals surface area contributed by atoms with Crippen molar-refractivity contribution in [3.05, 3.63) is 46.8 Å². The molecule has 3 N–H and O–H groups in total. The van der Waals surface area contributed by atoms with Gasteiger partial charge >= 0.3 is 5.97 Å². The number of nitrogens with zero attached hydrogens (tertiary/aromatic N) is 3. The zero-order chi connectivity index (χ0) is 20.0. The number of carboxylic acids is 1. The number of carboxylic acid groups (broad SMARTS) is 1. The van der Waals surface area contributed by atoms with Gasteiger partial charge in [0, 0.05) is 37.0 Å². The summed E-state index contributed by atoms with van der Waals surface area (Å²) in [4.78, 5) is 33.3. The molecule has 0 unspecified atom stereocenters. The summed E-state index contributed by atoms with van der Waals surface area (Å²) in [6.45, 7) is 3.55. The standard InChI is InChI=1S/C17H21N5O5/c1-17(2,16(24)25)21-11-13(10-19-21)20-15(23)4-3-9-18-12-5-7-14(8-6-12)22(26)27/h5-8,10-11,18H,3-4,9H2,1-2H3,(H,20,23)(H,24,25). The fourth-order valence-corrected chi connectivity index (χ4v) is 2.20. The van der Waals surface area contributed by atoms with Gasteiger partial charge in [0.25, 0.3) is 5.69 Å². The number of carbonyl (C=O) groups is 2. The van der Waals surface area contributed by atoms with Crippen LogP contribution in [-0.4, -0.2) is 38.2 Å². The van der Waals surface area contributed by atoms with Crippen LogP contribution in [0.1, 0.15) is 26.7 Å². The van der Waals surface area contributed by atoms with Crippen molar-refractivity contribution in [2.45, 2.75) is 32.2 Å². The van der Waals surface area contributed by atoms with Gasteiger partial charge in [-0.25, -0.2) is 4.79 Å². The van der Waals surface area contributed by atoms with Gasteiger partial charge in [-0.2, -0.15) is 5.10 Å². The molecule has 0 spiro atoms. The summed E-state index contributed by atoms with van der Waals surface area (Å²) in [5.41, 5.74) is -0.0279. The average molecular weight is 375 g/mol. The largest absolute Gasteiger partial charge is 0.479 e. The van der Waals surface area contributed by atoms with Gasteiger partial charge in [0.1, 0.15) is 0 Å². The Morgan fingerprint density at radius 2 is 1.93 bits per heavy atom. The molecule has 27 heavy (non-hydrogen) atoms. The van der Waals surface area contributed by atoms with E-state index in [1.165, 1.54) is 43.1 Å². The number of amides is 1. The van der Waals surface area contributed by atoms with Crippen LogP contribution in [0.4, 0.5) is 17.1 Å². The number of nitro benzene ring substituents is 1. The molecule has 0 atom stereocenters. The van der Waals surface area contributed by atoms with E-state index in [-0.39, 0.29) is 18.0 Å². The highest BCUT2D eigenvalue weighted by Crippen LogP contribution is 2.18. The van der Waals surface area contributed by atoms with Gasteiger partial charge in [0.15, 0.2) is 5.54 Å². The molecular formula is C17H21N5O5. The summed E-state index contributed by atoms with van der Waals surface area (Å²) >= 11 is 0. The van der Waals surface area contributed by atoms with E-state index in [0.29, 0.717) is 18.7 Å². The molecule has 0 aliphatic rings. The highest BCUT2D eigenvalue weighted by atomic mass is 16.6. The molecule has 10 heteroatoms. The molecule has 0 radical (unpaired) electrons. The molecule has 1 aromatic carbocycles. The van der Waals surface area contributed by atoms with Crippen LogP contribution in [0.15, 0.2) is 36.7 Å². The Hall–Kier alpha value is -3.43. The van der Waals surface area contributed by atoms with E-state index >= 15 is 0 Å². The predicted molar refractivity (Wildman–Crippen MR) is 98.6 cm³/mol. The van der Waals surface area contributed by atoms with Crippen LogP contribution in [0.5, 0.6) is 0 Å². The number of rotatable bonds is 9. The van der Waals surface area contributed by atoms with E-state index in [1.54, 1.807) is 12.1 Å². The summed E-state index contributed by atoms with van der Waals surface area (Å²) < 4.78 is 1.28. The summed E-state index contributed by atoms with van der Waals surface area (Å²) in [6, 6.07) is 6.03. The Morgan fingerprint density at radius 3 is 2.52 bits per heavy atom. The summed E-state index contributed by atoms with van der Waals surface area (Å²) in [5, 5.41) is 29.5. The van der Waals surface area contributed by atoms with E-state index in [0.717, 1.165) is 5.69 Å². The van der Waals surface area contributed by atoms with Crippen LogP contribution < -0.4 is 10.6 Å². The molecular weight excluding hydrogens is 354 g/mol. The number of nitro groups is 1. The van der Waals surface area contributed by atoms with Crippen LogP contribution in [0, 0.1) is 10.1 Å². The average Bonchev–Trinajstić information content (AvgIpc) is 3.08. The molecule has 1 aromatic heterocycles. The zero-order valence-electron chi connectivity index (χ0n) is 15.0. The molecule has 1 heterocycles. The number of benzene rings is 1. The maximum absolute atomic E-state index is 12.0. The predicted octanol–water partition coefficient (Wildman–Crippen LogP) is 2.44. The maximum Gasteiger partial charge on any atom is 0.331 e. The third kappa shape index (κ3) is 5.27. The van der Waals surface area contributed by atoms with E-state index in [9.17, 15) is 24.8 Å². The lowest BCUT2D eigenvalue weighted by Crippen LogP contribution is -2.35. The lowest BCUT2D eigenvalue weighted by Gasteiger charge is -2.19. The molecule has 2 rings (SSSR count). The first-order valence-electron chi connectivity index (χ1n) is 8.27. The number of aliphatic carboxylic acids is 1. The smallest absolute Gasteiger partial charge is 0.331 e. The van der Waals surface area contributed by atoms with Crippen molar-refractivity contribution >= 4 is 28.9 Å². The van der Waals surface area contributed by atoms with Gasteiger partial charge in [-0.1, -0.05) is 0 Å². The second-order valence-corrected chi connectivity index (χ2v) is 6.42. The monoisotopic (exact) mass is 375 g/mol. The van der Waals surface area contributed by atoms with Crippen molar-refractivity contribution in [1.29, 1.82) is 0 Å². The van der Waals surface area contributed by atoms with Crippen LogP contribution in [0.2, 0.25) is 0 Å². The number of nitrogens with one attached hydrogen (secondary N) is 2. The number of aromatic nitrogens is 2. The van der Waals surface area contributed by atoms with Gasteiger partial charge < -0.3 is 15.7 Å². The van der Waals surface area contributed by atoms with Gasteiger partial charge in [0.2, 0.25) is 5.91 Å². The molecule has 0 saturated heterocycles. The molecule has 2 aromatic rings. The SMILES string of the molecule is CC(C)(C(=O)O)n1cc(NC(=O)CCCNc2ccc([N+](=O)[O-])cc2)cn1. The number of non-ortho nitro benzene ring substituents is 1. The molecule has 0 aliphatic heterocycles. The maximum atomic E-state index is 12.0. The number of carbonyl (C=O) groups excluding carboxylic acids is 1. The van der Waals surface area contributed by atoms with E-state index in [1.807, 2.05) is 0 Å². The highest BCUT2D eigenvalue weighted by Gasteiger charge is 2.30. The van der Waals surface area contributed by atoms with Gasteiger partial charge in [-0.05, 0) is 32.4 Å². The molecule has 0 aliphatic carbocycles.